The quantitative estimate of drug-likeness (QED) is 0.469. The van der Waals surface area contributed by atoms with Crippen molar-refractivity contribution in [2.45, 2.75) is 18.9 Å². The molecule has 0 bridgehead atoms. The van der Waals surface area contributed by atoms with E-state index in [4.69, 9.17) is 4.74 Å². The molecule has 0 atom stereocenters. The van der Waals surface area contributed by atoms with Gasteiger partial charge in [-0.15, -0.1) is 37.2 Å². The predicted molar refractivity (Wildman–Crippen MR) is 124 cm³/mol. The smallest absolute Gasteiger partial charge is 0.343 e. The van der Waals surface area contributed by atoms with Gasteiger partial charge in [-0.2, -0.15) is 0 Å². The fraction of sp³-hybridized carbons (Fsp3) is 0.600. The van der Waals surface area contributed by atoms with E-state index < -0.39 is 5.97 Å². The zero-order valence-corrected chi connectivity index (χ0v) is 19.7. The summed E-state index contributed by atoms with van der Waals surface area (Å²) in [4.78, 5) is 28.5. The maximum atomic E-state index is 12.5. The minimum absolute atomic E-state index is 0. The number of hydrogen-bond acceptors (Lipinski definition) is 7. The number of halogens is 3. The second-order valence-corrected chi connectivity index (χ2v) is 7.11. The van der Waals surface area contributed by atoms with Gasteiger partial charge in [-0.3, -0.25) is 14.6 Å². The lowest BCUT2D eigenvalue weighted by Gasteiger charge is -2.40. The Morgan fingerprint density at radius 1 is 1.00 bits per heavy atom. The molecule has 2 saturated heterocycles. The molecule has 7 nitrogen and oxygen atoms in total. The molecule has 0 amide bonds. The van der Waals surface area contributed by atoms with Crippen molar-refractivity contribution >= 4 is 49.0 Å². The molecule has 0 aliphatic carbocycles. The number of piperidine rings is 1. The molecule has 0 aromatic heterocycles. The van der Waals surface area contributed by atoms with Gasteiger partial charge in [-0.25, -0.2) is 4.79 Å². The van der Waals surface area contributed by atoms with Crippen molar-refractivity contribution in [1.82, 2.24) is 15.1 Å². The summed E-state index contributed by atoms with van der Waals surface area (Å²) < 4.78 is 9.84. The molecule has 0 saturated carbocycles. The van der Waals surface area contributed by atoms with E-state index in [9.17, 15) is 9.59 Å². The molecule has 0 unspecified atom stereocenters. The fourth-order valence-electron chi connectivity index (χ4n) is 3.69. The number of Topliss-reactive ketones (excluding diaryl/α,β-unsaturated/α-hetero) is 1. The Kier molecular flexibility index (Phi) is 14.3. The number of methoxy groups -OCH3 is 1. The third kappa shape index (κ3) is 8.57. The van der Waals surface area contributed by atoms with Gasteiger partial charge in [0.05, 0.1) is 13.7 Å². The molecular formula is C20H32Cl3N3O4. The molecular weight excluding hydrogens is 453 g/mol. The molecule has 1 aromatic carbocycles. The Bertz CT molecular complexity index is 635. The van der Waals surface area contributed by atoms with Crippen molar-refractivity contribution in [2.24, 2.45) is 0 Å². The predicted octanol–water partition coefficient (Wildman–Crippen LogP) is 2.06. The van der Waals surface area contributed by atoms with Crippen LogP contribution in [0.3, 0.4) is 0 Å². The number of hydrogen-bond donors (Lipinski definition) is 1. The number of nitrogens with one attached hydrogen (secondary N) is 1. The van der Waals surface area contributed by atoms with Crippen molar-refractivity contribution in [3.63, 3.8) is 0 Å². The Hall–Kier alpha value is -1.09. The van der Waals surface area contributed by atoms with Gasteiger partial charge in [0, 0.05) is 37.8 Å². The maximum absolute atomic E-state index is 12.5. The highest BCUT2D eigenvalue weighted by atomic mass is 35.5. The lowest BCUT2D eigenvalue weighted by atomic mass is 10.0. The van der Waals surface area contributed by atoms with Gasteiger partial charge in [0.1, 0.15) is 5.75 Å². The zero-order valence-electron chi connectivity index (χ0n) is 17.2. The Morgan fingerprint density at radius 2 is 1.60 bits per heavy atom. The normalized spacial score (nSPS) is 17.6. The van der Waals surface area contributed by atoms with E-state index in [2.05, 4.69) is 19.9 Å². The second kappa shape index (κ2) is 14.8. The van der Waals surface area contributed by atoms with Crippen LogP contribution in [-0.2, 0) is 9.53 Å². The van der Waals surface area contributed by atoms with Crippen LogP contribution in [0.1, 0.15) is 23.2 Å². The van der Waals surface area contributed by atoms with Gasteiger partial charge in [0.2, 0.25) is 0 Å². The summed E-state index contributed by atoms with van der Waals surface area (Å²) in [5.74, 6) is 0.233. The topological polar surface area (TPSA) is 71.1 Å². The highest BCUT2D eigenvalue weighted by molar-refractivity contribution is 5.97. The Balaban J connectivity index is 0.00000280. The third-order valence-corrected chi connectivity index (χ3v) is 5.36. The summed E-state index contributed by atoms with van der Waals surface area (Å²) in [6, 6.07) is 7.62. The molecule has 2 heterocycles. The second-order valence-electron chi connectivity index (χ2n) is 7.11. The van der Waals surface area contributed by atoms with E-state index in [1.165, 1.54) is 20.0 Å². The number of ketones is 1. The summed E-state index contributed by atoms with van der Waals surface area (Å²) >= 11 is 0. The first-order valence-corrected chi connectivity index (χ1v) is 9.65. The van der Waals surface area contributed by atoms with Gasteiger partial charge >= 0.3 is 5.97 Å². The SMILES string of the molecule is COC(=O)COc1ccc(C(=O)CN2CCN(C3CCNCC3)CC2)cc1.Cl.Cl.Cl. The minimum atomic E-state index is -0.432. The van der Waals surface area contributed by atoms with Crippen LogP contribution in [0.15, 0.2) is 24.3 Å². The average Bonchev–Trinajstić information content (AvgIpc) is 2.73. The summed E-state index contributed by atoms with van der Waals surface area (Å²) in [5, 5.41) is 3.41. The molecule has 1 aromatic rings. The summed E-state index contributed by atoms with van der Waals surface area (Å²) in [5.41, 5.74) is 0.668. The molecule has 172 valence electrons. The van der Waals surface area contributed by atoms with Crippen molar-refractivity contribution < 1.29 is 19.1 Å². The Morgan fingerprint density at radius 3 is 2.17 bits per heavy atom. The van der Waals surface area contributed by atoms with Crippen molar-refractivity contribution in [2.75, 3.05) is 59.5 Å². The largest absolute Gasteiger partial charge is 0.482 e. The van der Waals surface area contributed by atoms with Crippen molar-refractivity contribution in [1.29, 1.82) is 0 Å². The van der Waals surface area contributed by atoms with Crippen LogP contribution in [0.4, 0.5) is 0 Å². The van der Waals surface area contributed by atoms with Gasteiger partial charge in [0.25, 0.3) is 0 Å². The van der Waals surface area contributed by atoms with E-state index >= 15 is 0 Å². The van der Waals surface area contributed by atoms with Crippen LogP contribution in [-0.4, -0.2) is 87.1 Å². The summed E-state index contributed by atoms with van der Waals surface area (Å²) in [6.07, 6.45) is 2.45. The lowest BCUT2D eigenvalue weighted by molar-refractivity contribution is -0.142. The first kappa shape index (κ1) is 28.9. The molecule has 2 aliphatic heterocycles. The number of benzene rings is 1. The van der Waals surface area contributed by atoms with Gasteiger partial charge in [0.15, 0.2) is 12.4 Å². The number of carbonyl (C=O) groups excluding carboxylic acids is 2. The molecule has 10 heteroatoms. The van der Waals surface area contributed by atoms with Crippen LogP contribution in [0.25, 0.3) is 0 Å². The molecule has 0 radical (unpaired) electrons. The summed E-state index contributed by atoms with van der Waals surface area (Å²) in [7, 11) is 1.32. The first-order chi connectivity index (χ1) is 13.2. The monoisotopic (exact) mass is 483 g/mol. The van der Waals surface area contributed by atoms with Gasteiger partial charge < -0.3 is 14.8 Å². The summed E-state index contributed by atoms with van der Waals surface area (Å²) in [6.45, 7) is 6.50. The third-order valence-electron chi connectivity index (χ3n) is 5.36. The molecule has 30 heavy (non-hydrogen) atoms. The average molecular weight is 485 g/mol. The fourth-order valence-corrected chi connectivity index (χ4v) is 3.69. The minimum Gasteiger partial charge on any atom is -0.482 e. The van der Waals surface area contributed by atoms with E-state index in [1.54, 1.807) is 24.3 Å². The molecule has 2 aliphatic rings. The maximum Gasteiger partial charge on any atom is 0.343 e. The number of ether oxygens (including phenoxy) is 2. The van der Waals surface area contributed by atoms with E-state index in [0.717, 1.165) is 39.3 Å². The first-order valence-electron chi connectivity index (χ1n) is 9.65. The van der Waals surface area contributed by atoms with Crippen LogP contribution in [0, 0.1) is 0 Å². The number of rotatable bonds is 7. The van der Waals surface area contributed by atoms with E-state index in [-0.39, 0.29) is 49.6 Å². The van der Waals surface area contributed by atoms with Crippen LogP contribution < -0.4 is 10.1 Å². The van der Waals surface area contributed by atoms with Gasteiger partial charge in [-0.1, -0.05) is 0 Å². The highest BCUT2D eigenvalue weighted by Gasteiger charge is 2.25. The number of piperazine rings is 1. The standard InChI is InChI=1S/C20H29N3O4.3ClH/c1-26-20(25)15-27-18-4-2-16(3-5-18)19(24)14-22-10-12-23(13-11-22)17-6-8-21-9-7-17;;;/h2-5,17,21H,6-15H2,1H3;3*1H. The highest BCUT2D eigenvalue weighted by Crippen LogP contribution is 2.16. The van der Waals surface area contributed by atoms with Crippen LogP contribution >= 0.6 is 37.2 Å². The molecule has 2 fully saturated rings. The van der Waals surface area contributed by atoms with Crippen LogP contribution in [0.5, 0.6) is 5.75 Å². The Labute approximate surface area is 197 Å². The lowest BCUT2D eigenvalue weighted by Crippen LogP contribution is -2.53. The molecule has 1 N–H and O–H groups in total. The number of esters is 1. The van der Waals surface area contributed by atoms with Crippen LogP contribution in [0.2, 0.25) is 0 Å². The molecule has 3 rings (SSSR count). The van der Waals surface area contributed by atoms with Gasteiger partial charge in [-0.05, 0) is 50.2 Å². The van der Waals surface area contributed by atoms with Crippen molar-refractivity contribution in [3.8, 4) is 5.75 Å². The van der Waals surface area contributed by atoms with E-state index in [0.29, 0.717) is 23.9 Å². The number of nitrogens with zero attached hydrogens (tertiary/aromatic N) is 2. The molecule has 0 spiro atoms. The van der Waals surface area contributed by atoms with E-state index in [1.807, 2.05) is 0 Å². The zero-order chi connectivity index (χ0) is 19.1. The number of carbonyl (C=O) groups is 2. The van der Waals surface area contributed by atoms with Crippen molar-refractivity contribution in [3.05, 3.63) is 29.8 Å².